The molecule has 1 heterocycles. The standard InChI is InChI=1S/C19H24N2O4/c1-23-18-8-4-6-15(18)16-12-24-10-9-21(16)19(22)13-25-17-7-3-2-5-14(17)11-20/h2-3,5,7,15-16,18H,4,6,8-10,12-13H2,1H3/t15-,16-,18+/m0/s1. The third kappa shape index (κ3) is 3.94. The fourth-order valence-electron chi connectivity index (χ4n) is 3.88. The van der Waals surface area contributed by atoms with Gasteiger partial charge in [-0.15, -0.1) is 0 Å². The number of hydrogen-bond acceptors (Lipinski definition) is 5. The molecule has 1 aliphatic carbocycles. The van der Waals surface area contributed by atoms with Crippen LogP contribution in [0.2, 0.25) is 0 Å². The number of hydrogen-bond donors (Lipinski definition) is 0. The molecule has 2 fully saturated rings. The van der Waals surface area contributed by atoms with Crippen LogP contribution in [0.15, 0.2) is 24.3 Å². The number of methoxy groups -OCH3 is 1. The Morgan fingerprint density at radius 1 is 1.40 bits per heavy atom. The number of para-hydroxylation sites is 1. The molecule has 0 radical (unpaired) electrons. The summed E-state index contributed by atoms with van der Waals surface area (Å²) in [6.45, 7) is 1.59. The number of rotatable bonds is 5. The van der Waals surface area contributed by atoms with Crippen molar-refractivity contribution in [1.29, 1.82) is 5.26 Å². The third-order valence-corrected chi connectivity index (χ3v) is 5.15. The maximum atomic E-state index is 12.8. The average molecular weight is 344 g/mol. The summed E-state index contributed by atoms with van der Waals surface area (Å²) in [4.78, 5) is 14.6. The van der Waals surface area contributed by atoms with E-state index in [1.165, 1.54) is 0 Å². The van der Waals surface area contributed by atoms with E-state index in [0.717, 1.165) is 19.3 Å². The number of carbonyl (C=O) groups excluding carboxylic acids is 1. The van der Waals surface area contributed by atoms with Crippen molar-refractivity contribution in [2.75, 3.05) is 33.5 Å². The average Bonchev–Trinajstić information content (AvgIpc) is 3.15. The third-order valence-electron chi connectivity index (χ3n) is 5.15. The zero-order valence-corrected chi connectivity index (χ0v) is 14.5. The predicted molar refractivity (Wildman–Crippen MR) is 91.1 cm³/mol. The summed E-state index contributed by atoms with van der Waals surface area (Å²) in [5.74, 6) is 0.683. The predicted octanol–water partition coefficient (Wildman–Crippen LogP) is 1.98. The van der Waals surface area contributed by atoms with Gasteiger partial charge in [-0.1, -0.05) is 18.6 Å². The van der Waals surface area contributed by atoms with Gasteiger partial charge in [0.05, 0.1) is 30.9 Å². The molecule has 1 aromatic carbocycles. The highest BCUT2D eigenvalue weighted by atomic mass is 16.5. The Hall–Kier alpha value is -2.10. The van der Waals surface area contributed by atoms with E-state index in [2.05, 4.69) is 6.07 Å². The molecule has 0 N–H and O–H groups in total. The largest absolute Gasteiger partial charge is 0.482 e. The van der Waals surface area contributed by atoms with Gasteiger partial charge in [-0.05, 0) is 25.0 Å². The van der Waals surface area contributed by atoms with Gasteiger partial charge in [0.15, 0.2) is 6.61 Å². The molecule has 0 bridgehead atoms. The second-order valence-corrected chi connectivity index (χ2v) is 6.49. The zero-order valence-electron chi connectivity index (χ0n) is 14.5. The lowest BCUT2D eigenvalue weighted by atomic mass is 9.94. The molecule has 3 atom stereocenters. The first-order valence-corrected chi connectivity index (χ1v) is 8.76. The number of nitriles is 1. The summed E-state index contributed by atoms with van der Waals surface area (Å²) in [5, 5.41) is 9.12. The van der Waals surface area contributed by atoms with Gasteiger partial charge in [0.25, 0.3) is 5.91 Å². The molecule has 6 heteroatoms. The normalized spacial score (nSPS) is 26.2. The minimum atomic E-state index is -0.0699. The number of carbonyl (C=O) groups is 1. The maximum absolute atomic E-state index is 12.8. The summed E-state index contributed by atoms with van der Waals surface area (Å²) < 4.78 is 16.9. The van der Waals surface area contributed by atoms with Gasteiger partial charge < -0.3 is 19.1 Å². The molecule has 1 aliphatic heterocycles. The lowest BCUT2D eigenvalue weighted by molar-refractivity contribution is -0.146. The van der Waals surface area contributed by atoms with Crippen molar-refractivity contribution in [3.8, 4) is 11.8 Å². The van der Waals surface area contributed by atoms with Crippen molar-refractivity contribution in [1.82, 2.24) is 4.90 Å². The van der Waals surface area contributed by atoms with Gasteiger partial charge in [0, 0.05) is 19.6 Å². The maximum Gasteiger partial charge on any atom is 0.260 e. The van der Waals surface area contributed by atoms with Crippen molar-refractivity contribution in [2.24, 2.45) is 5.92 Å². The molecule has 3 rings (SSSR count). The van der Waals surface area contributed by atoms with E-state index in [0.29, 0.717) is 37.0 Å². The van der Waals surface area contributed by atoms with Crippen LogP contribution >= 0.6 is 0 Å². The van der Waals surface area contributed by atoms with Crippen LogP contribution in [-0.2, 0) is 14.3 Å². The summed E-state index contributed by atoms with van der Waals surface area (Å²) in [5.41, 5.74) is 0.434. The Morgan fingerprint density at radius 2 is 2.24 bits per heavy atom. The minimum Gasteiger partial charge on any atom is -0.482 e. The minimum absolute atomic E-state index is 0.0310. The summed E-state index contributed by atoms with van der Waals surface area (Å²) >= 11 is 0. The molecule has 25 heavy (non-hydrogen) atoms. The molecule has 1 aromatic rings. The van der Waals surface area contributed by atoms with E-state index >= 15 is 0 Å². The van der Waals surface area contributed by atoms with Crippen LogP contribution in [0, 0.1) is 17.2 Å². The molecule has 6 nitrogen and oxygen atoms in total. The van der Waals surface area contributed by atoms with Crippen LogP contribution in [0.3, 0.4) is 0 Å². The van der Waals surface area contributed by atoms with E-state index < -0.39 is 0 Å². The molecular formula is C19H24N2O4. The number of amides is 1. The first-order valence-electron chi connectivity index (χ1n) is 8.76. The molecule has 1 saturated heterocycles. The number of morpholine rings is 1. The highest BCUT2D eigenvalue weighted by molar-refractivity contribution is 5.78. The monoisotopic (exact) mass is 344 g/mol. The summed E-state index contributed by atoms with van der Waals surface area (Å²) in [6.07, 6.45) is 3.38. The van der Waals surface area contributed by atoms with Crippen molar-refractivity contribution in [3.63, 3.8) is 0 Å². The zero-order chi connectivity index (χ0) is 17.6. The van der Waals surface area contributed by atoms with Gasteiger partial charge in [0.1, 0.15) is 11.8 Å². The first kappa shape index (κ1) is 17.7. The van der Waals surface area contributed by atoms with Gasteiger partial charge >= 0.3 is 0 Å². The lowest BCUT2D eigenvalue weighted by Crippen LogP contribution is -2.54. The fourth-order valence-corrected chi connectivity index (χ4v) is 3.88. The van der Waals surface area contributed by atoms with E-state index in [-0.39, 0.29) is 24.7 Å². The van der Waals surface area contributed by atoms with E-state index in [1.807, 2.05) is 4.90 Å². The summed E-state index contributed by atoms with van der Waals surface area (Å²) in [7, 11) is 1.74. The second-order valence-electron chi connectivity index (χ2n) is 6.49. The molecule has 1 amide bonds. The Labute approximate surface area is 148 Å². The Balaban J connectivity index is 1.66. The smallest absolute Gasteiger partial charge is 0.260 e. The van der Waals surface area contributed by atoms with Gasteiger partial charge in [-0.2, -0.15) is 5.26 Å². The Bertz CT molecular complexity index is 643. The van der Waals surface area contributed by atoms with Crippen molar-refractivity contribution < 1.29 is 19.0 Å². The van der Waals surface area contributed by atoms with E-state index in [4.69, 9.17) is 19.5 Å². The highest BCUT2D eigenvalue weighted by Crippen LogP contribution is 2.34. The van der Waals surface area contributed by atoms with Crippen LogP contribution in [0.1, 0.15) is 24.8 Å². The fraction of sp³-hybridized carbons (Fsp3) is 0.579. The molecule has 1 saturated carbocycles. The Morgan fingerprint density at radius 3 is 3.04 bits per heavy atom. The van der Waals surface area contributed by atoms with Gasteiger partial charge in [-0.25, -0.2) is 0 Å². The molecule has 0 spiro atoms. The van der Waals surface area contributed by atoms with Crippen molar-refractivity contribution in [3.05, 3.63) is 29.8 Å². The number of nitrogens with zero attached hydrogens (tertiary/aromatic N) is 2. The van der Waals surface area contributed by atoms with E-state index in [1.54, 1.807) is 31.4 Å². The quantitative estimate of drug-likeness (QED) is 0.817. The summed E-state index contributed by atoms with van der Waals surface area (Å²) in [6, 6.07) is 9.06. The highest BCUT2D eigenvalue weighted by Gasteiger charge is 2.40. The van der Waals surface area contributed by atoms with Gasteiger partial charge in [-0.3, -0.25) is 4.79 Å². The SMILES string of the molecule is CO[C@@H]1CCC[C@H]1[C@@H]1COCCN1C(=O)COc1ccccc1C#N. The topological polar surface area (TPSA) is 71.8 Å². The Kier molecular flexibility index (Phi) is 5.90. The van der Waals surface area contributed by atoms with E-state index in [9.17, 15) is 4.79 Å². The number of benzene rings is 1. The van der Waals surface area contributed by atoms with Crippen LogP contribution < -0.4 is 4.74 Å². The van der Waals surface area contributed by atoms with Crippen LogP contribution in [0.5, 0.6) is 5.75 Å². The van der Waals surface area contributed by atoms with Gasteiger partial charge in [0.2, 0.25) is 0 Å². The molecule has 0 aromatic heterocycles. The van der Waals surface area contributed by atoms with Crippen molar-refractivity contribution >= 4 is 5.91 Å². The van der Waals surface area contributed by atoms with Crippen LogP contribution in [-0.4, -0.2) is 56.4 Å². The number of ether oxygens (including phenoxy) is 3. The van der Waals surface area contributed by atoms with Crippen molar-refractivity contribution in [2.45, 2.75) is 31.4 Å². The molecular weight excluding hydrogens is 320 g/mol. The van der Waals surface area contributed by atoms with Crippen LogP contribution in [0.25, 0.3) is 0 Å². The lowest BCUT2D eigenvalue weighted by Gasteiger charge is -2.40. The van der Waals surface area contributed by atoms with Crippen LogP contribution in [0.4, 0.5) is 0 Å². The molecule has 2 aliphatic rings. The molecule has 134 valence electrons. The first-order chi connectivity index (χ1) is 12.2. The second kappa shape index (κ2) is 8.32. The molecule has 0 unspecified atom stereocenters.